The van der Waals surface area contributed by atoms with Crippen LogP contribution in [0.5, 0.6) is 0 Å². The molecule has 0 bridgehead atoms. The van der Waals surface area contributed by atoms with Gasteiger partial charge >= 0.3 is 0 Å². The molecule has 0 radical (unpaired) electrons. The molecule has 6 nitrogen and oxygen atoms in total. The molecule has 1 amide bonds. The summed E-state index contributed by atoms with van der Waals surface area (Å²) < 4.78 is 0. The van der Waals surface area contributed by atoms with Crippen molar-refractivity contribution < 1.29 is 9.59 Å². The Balaban J connectivity index is 1.76. The van der Waals surface area contributed by atoms with Gasteiger partial charge in [0, 0.05) is 25.7 Å². The first-order valence-corrected chi connectivity index (χ1v) is 9.23. The Labute approximate surface area is 153 Å². The van der Waals surface area contributed by atoms with E-state index >= 15 is 0 Å². The van der Waals surface area contributed by atoms with Crippen LogP contribution in [0.3, 0.4) is 0 Å². The predicted octanol–water partition coefficient (Wildman–Crippen LogP) is 3.30. The summed E-state index contributed by atoms with van der Waals surface area (Å²) in [6, 6.07) is 0. The molecule has 2 aromatic rings. The summed E-state index contributed by atoms with van der Waals surface area (Å²) in [5, 5.41) is 0. The molecular formula is C20H26N4O2. The van der Waals surface area contributed by atoms with Crippen molar-refractivity contribution in [3.8, 4) is 0 Å². The summed E-state index contributed by atoms with van der Waals surface area (Å²) in [6.45, 7) is 9.26. The Morgan fingerprint density at radius 2 is 2.12 bits per heavy atom. The first-order valence-electron chi connectivity index (χ1n) is 9.23. The third-order valence-corrected chi connectivity index (χ3v) is 5.27. The van der Waals surface area contributed by atoms with Crippen LogP contribution in [0, 0.1) is 5.41 Å². The second-order valence-electron chi connectivity index (χ2n) is 7.45. The van der Waals surface area contributed by atoms with Crippen LogP contribution in [-0.4, -0.2) is 44.6 Å². The number of rotatable bonds is 6. The fourth-order valence-electron chi connectivity index (χ4n) is 3.60. The summed E-state index contributed by atoms with van der Waals surface area (Å²) >= 11 is 0. The number of fused-ring (bicyclic) bond motifs is 1. The summed E-state index contributed by atoms with van der Waals surface area (Å²) in [5.74, 6) is 0.104. The van der Waals surface area contributed by atoms with Crippen molar-refractivity contribution in [2.45, 2.75) is 46.0 Å². The predicted molar refractivity (Wildman–Crippen MR) is 101 cm³/mol. The number of piperidine rings is 1. The van der Waals surface area contributed by atoms with Crippen LogP contribution in [0.2, 0.25) is 0 Å². The molecule has 6 heteroatoms. The number of Topliss-reactive ketones (excluding diaryl/α,β-unsaturated/α-hetero) is 1. The Morgan fingerprint density at radius 1 is 1.38 bits per heavy atom. The number of hydrogen-bond acceptors (Lipinski definition) is 4. The lowest BCUT2D eigenvalue weighted by molar-refractivity contribution is -0.128. The molecule has 1 aliphatic heterocycles. The maximum absolute atomic E-state index is 12.3. The van der Waals surface area contributed by atoms with Crippen molar-refractivity contribution in [2.75, 3.05) is 13.1 Å². The average molecular weight is 354 g/mol. The Bertz CT molecular complexity index is 831. The van der Waals surface area contributed by atoms with Gasteiger partial charge < -0.3 is 9.88 Å². The van der Waals surface area contributed by atoms with E-state index in [-0.39, 0.29) is 17.1 Å². The minimum atomic E-state index is -0.000313. The van der Waals surface area contributed by atoms with Gasteiger partial charge in [-0.1, -0.05) is 20.4 Å². The van der Waals surface area contributed by atoms with Gasteiger partial charge in [0.1, 0.15) is 5.52 Å². The highest BCUT2D eigenvalue weighted by Gasteiger charge is 2.32. The lowest BCUT2D eigenvalue weighted by Gasteiger charge is -2.39. The van der Waals surface area contributed by atoms with Crippen molar-refractivity contribution >= 4 is 22.9 Å². The molecule has 0 atom stereocenters. The number of ketones is 1. The van der Waals surface area contributed by atoms with Crippen molar-refractivity contribution in [3.05, 3.63) is 36.3 Å². The van der Waals surface area contributed by atoms with Crippen LogP contribution in [-0.2, 0) is 11.2 Å². The molecule has 0 spiro atoms. The molecular weight excluding hydrogens is 328 g/mol. The van der Waals surface area contributed by atoms with E-state index in [4.69, 9.17) is 4.98 Å². The third kappa shape index (κ3) is 3.69. The summed E-state index contributed by atoms with van der Waals surface area (Å²) in [5.41, 5.74) is 2.93. The second kappa shape index (κ2) is 7.40. The monoisotopic (exact) mass is 354 g/mol. The summed E-state index contributed by atoms with van der Waals surface area (Å²) in [4.78, 5) is 38.1. The van der Waals surface area contributed by atoms with Crippen LogP contribution in [0.1, 0.15) is 55.6 Å². The maximum atomic E-state index is 12.3. The molecule has 1 aliphatic rings. The highest BCUT2D eigenvalue weighted by molar-refractivity contribution is 6.05. The lowest BCUT2D eigenvalue weighted by atomic mass is 9.76. The average Bonchev–Trinajstić information content (AvgIpc) is 3.05. The van der Waals surface area contributed by atoms with Gasteiger partial charge in [0.2, 0.25) is 5.91 Å². The Kier molecular flexibility index (Phi) is 5.20. The zero-order valence-electron chi connectivity index (χ0n) is 15.5. The number of likely N-dealkylation sites (tertiary alicyclic amines) is 1. The smallest absolute Gasteiger partial charge is 0.245 e. The van der Waals surface area contributed by atoms with Crippen molar-refractivity contribution in [3.63, 3.8) is 0 Å². The number of carbonyl (C=O) groups is 2. The van der Waals surface area contributed by atoms with Crippen LogP contribution in [0.25, 0.3) is 11.2 Å². The van der Waals surface area contributed by atoms with Crippen molar-refractivity contribution in [1.82, 2.24) is 19.9 Å². The molecule has 0 aliphatic carbocycles. The molecule has 0 aromatic carbocycles. The van der Waals surface area contributed by atoms with E-state index in [1.165, 1.54) is 6.08 Å². The molecule has 26 heavy (non-hydrogen) atoms. The summed E-state index contributed by atoms with van der Waals surface area (Å²) in [7, 11) is 0. The number of nitrogens with one attached hydrogen (secondary N) is 1. The van der Waals surface area contributed by atoms with Gasteiger partial charge in [0.05, 0.1) is 17.5 Å². The molecule has 3 rings (SSSR count). The molecule has 3 heterocycles. The van der Waals surface area contributed by atoms with Gasteiger partial charge in [-0.3, -0.25) is 9.59 Å². The first kappa shape index (κ1) is 18.3. The van der Waals surface area contributed by atoms with E-state index in [0.29, 0.717) is 23.1 Å². The minimum Gasteiger partial charge on any atom is -0.344 e. The van der Waals surface area contributed by atoms with Gasteiger partial charge in [-0.25, -0.2) is 9.97 Å². The fourth-order valence-corrected chi connectivity index (χ4v) is 3.60. The number of nitrogens with zero attached hydrogens (tertiary/aromatic N) is 3. The molecule has 1 fully saturated rings. The lowest BCUT2D eigenvalue weighted by Crippen LogP contribution is -2.42. The largest absolute Gasteiger partial charge is 0.344 e. The van der Waals surface area contributed by atoms with Crippen LogP contribution in [0.15, 0.2) is 25.0 Å². The molecule has 0 saturated carbocycles. The molecule has 0 unspecified atom stereocenters. The molecule has 2 aromatic heterocycles. The van der Waals surface area contributed by atoms with Gasteiger partial charge in [-0.15, -0.1) is 0 Å². The quantitative estimate of drug-likeness (QED) is 0.638. The molecule has 1 saturated heterocycles. The third-order valence-electron chi connectivity index (χ3n) is 5.27. The van der Waals surface area contributed by atoms with Gasteiger partial charge in [-0.2, -0.15) is 0 Å². The molecule has 138 valence electrons. The van der Waals surface area contributed by atoms with Crippen LogP contribution in [0.4, 0.5) is 0 Å². The fraction of sp³-hybridized carbons (Fsp3) is 0.500. The molecule has 1 N–H and O–H groups in total. The zero-order chi connectivity index (χ0) is 18.7. The van der Waals surface area contributed by atoms with Crippen molar-refractivity contribution in [1.29, 1.82) is 0 Å². The Morgan fingerprint density at radius 3 is 2.77 bits per heavy atom. The number of carbonyl (C=O) groups excluding carboxylic acids is 2. The highest BCUT2D eigenvalue weighted by Crippen LogP contribution is 2.34. The SMILES string of the molecule is C=CC(=O)N1CCC(C)(Cc2cnc3[nH]cc(C(=O)CCC)c3n2)CC1. The number of hydrogen-bond donors (Lipinski definition) is 1. The summed E-state index contributed by atoms with van der Waals surface area (Å²) in [6.07, 6.45) is 8.84. The van der Waals surface area contributed by atoms with E-state index in [2.05, 4.69) is 23.5 Å². The van der Waals surface area contributed by atoms with Crippen molar-refractivity contribution in [2.24, 2.45) is 5.41 Å². The van der Waals surface area contributed by atoms with Gasteiger partial charge in [0.15, 0.2) is 11.4 Å². The van der Waals surface area contributed by atoms with Crippen LogP contribution >= 0.6 is 0 Å². The maximum Gasteiger partial charge on any atom is 0.245 e. The highest BCUT2D eigenvalue weighted by atomic mass is 16.2. The van der Waals surface area contributed by atoms with E-state index in [0.717, 1.165) is 44.5 Å². The Hall–Kier alpha value is -2.50. The first-order chi connectivity index (χ1) is 12.5. The minimum absolute atomic E-state index is 0.000313. The van der Waals surface area contributed by atoms with Crippen LogP contribution < -0.4 is 0 Å². The van der Waals surface area contributed by atoms with E-state index in [1.807, 2.05) is 11.8 Å². The normalized spacial score (nSPS) is 16.6. The number of aromatic nitrogens is 3. The number of H-pyrrole nitrogens is 1. The van der Waals surface area contributed by atoms with E-state index in [9.17, 15) is 9.59 Å². The van der Waals surface area contributed by atoms with E-state index < -0.39 is 0 Å². The van der Waals surface area contributed by atoms with Gasteiger partial charge in [0.25, 0.3) is 0 Å². The zero-order valence-corrected chi connectivity index (χ0v) is 15.5. The van der Waals surface area contributed by atoms with Gasteiger partial charge in [-0.05, 0) is 37.2 Å². The second-order valence-corrected chi connectivity index (χ2v) is 7.45. The van der Waals surface area contributed by atoms with E-state index in [1.54, 1.807) is 12.4 Å². The topological polar surface area (TPSA) is 79.0 Å². The number of aromatic amines is 1. The number of amides is 1. The standard InChI is InChI=1S/C20H26N4O2/c1-4-6-16(25)15-13-22-19-18(15)23-14(12-21-19)11-20(3)7-9-24(10-8-20)17(26)5-2/h5,12-13H,2,4,6-11H2,1,3H3,(H,21,22).